The third kappa shape index (κ3) is 4.67. The maximum atomic E-state index is 9.85. The molecule has 0 aliphatic rings. The minimum Gasteiger partial charge on any atom is -0.493 e. The van der Waals surface area contributed by atoms with Crippen LogP contribution in [0.1, 0.15) is 5.56 Å². The molecule has 3 rings (SSSR count). The van der Waals surface area contributed by atoms with Gasteiger partial charge in [0.15, 0.2) is 22.5 Å². The quantitative estimate of drug-likeness (QED) is 0.378. The summed E-state index contributed by atoms with van der Waals surface area (Å²) >= 11 is 13.5. The second-order valence-electron chi connectivity index (χ2n) is 5.75. The molecule has 29 heavy (non-hydrogen) atoms. The lowest BCUT2D eigenvalue weighted by Gasteiger charge is -2.14. The Morgan fingerprint density at radius 2 is 1.69 bits per heavy atom. The standard InChI is InChI=1S/C20H16Cl2N4O2S/c1-27-16-5-4-11(6-17(16)28-2)18-15(10-23)19(26-20(25-18)29-3)24-14-8-12(21)7-13(22)9-14/h4-9H,1-3H3,(H,24,25,26). The van der Waals surface area contributed by atoms with Crippen LogP contribution in [0.25, 0.3) is 11.3 Å². The molecule has 1 heterocycles. The van der Waals surface area contributed by atoms with E-state index >= 15 is 0 Å². The van der Waals surface area contributed by atoms with E-state index in [4.69, 9.17) is 32.7 Å². The van der Waals surface area contributed by atoms with Crippen molar-refractivity contribution in [2.45, 2.75) is 5.16 Å². The van der Waals surface area contributed by atoms with E-state index in [1.165, 1.54) is 11.8 Å². The number of rotatable bonds is 6. The first-order valence-electron chi connectivity index (χ1n) is 8.30. The van der Waals surface area contributed by atoms with Crippen molar-refractivity contribution in [3.63, 3.8) is 0 Å². The van der Waals surface area contributed by atoms with Crippen molar-refractivity contribution in [1.82, 2.24) is 9.97 Å². The van der Waals surface area contributed by atoms with Crippen molar-refractivity contribution >= 4 is 46.5 Å². The average Bonchev–Trinajstić information content (AvgIpc) is 2.71. The SMILES string of the molecule is COc1ccc(-c2nc(SC)nc(Nc3cc(Cl)cc(Cl)c3)c2C#N)cc1OC. The first-order chi connectivity index (χ1) is 14.0. The molecule has 0 aliphatic carbocycles. The summed E-state index contributed by atoms with van der Waals surface area (Å²) in [5, 5.41) is 14.4. The van der Waals surface area contributed by atoms with Gasteiger partial charge in [0.25, 0.3) is 0 Å². The molecule has 0 atom stereocenters. The van der Waals surface area contributed by atoms with Gasteiger partial charge in [-0.25, -0.2) is 9.97 Å². The lowest BCUT2D eigenvalue weighted by atomic mass is 10.1. The van der Waals surface area contributed by atoms with E-state index in [1.807, 2.05) is 12.3 Å². The number of nitrogens with zero attached hydrogens (tertiary/aromatic N) is 3. The van der Waals surface area contributed by atoms with E-state index < -0.39 is 0 Å². The number of aromatic nitrogens is 2. The Kier molecular flexibility index (Phi) is 6.70. The van der Waals surface area contributed by atoms with Gasteiger partial charge in [-0.3, -0.25) is 0 Å². The molecule has 2 aromatic carbocycles. The van der Waals surface area contributed by atoms with E-state index in [0.717, 1.165) is 0 Å². The normalized spacial score (nSPS) is 10.3. The van der Waals surface area contributed by atoms with Crippen LogP contribution in [0.2, 0.25) is 10.0 Å². The molecule has 3 aromatic rings. The summed E-state index contributed by atoms with van der Waals surface area (Å²) in [6.45, 7) is 0. The summed E-state index contributed by atoms with van der Waals surface area (Å²) in [6.07, 6.45) is 1.86. The van der Waals surface area contributed by atoms with Gasteiger partial charge in [0, 0.05) is 21.3 Å². The Morgan fingerprint density at radius 1 is 1.00 bits per heavy atom. The van der Waals surface area contributed by atoms with Gasteiger partial charge in [0.2, 0.25) is 0 Å². The van der Waals surface area contributed by atoms with Crippen molar-refractivity contribution in [1.29, 1.82) is 5.26 Å². The molecular formula is C20H16Cl2N4O2S. The molecule has 9 heteroatoms. The number of thioether (sulfide) groups is 1. The molecule has 0 saturated carbocycles. The maximum absolute atomic E-state index is 9.85. The summed E-state index contributed by atoms with van der Waals surface area (Å²) in [5.74, 6) is 1.48. The van der Waals surface area contributed by atoms with Gasteiger partial charge in [-0.05, 0) is 42.7 Å². The van der Waals surface area contributed by atoms with Crippen LogP contribution >= 0.6 is 35.0 Å². The minimum absolute atomic E-state index is 0.283. The Balaban J connectivity index is 2.16. The van der Waals surface area contributed by atoms with Gasteiger partial charge in [0.1, 0.15) is 11.6 Å². The molecule has 0 radical (unpaired) electrons. The number of hydrogen-bond donors (Lipinski definition) is 1. The summed E-state index contributed by atoms with van der Waals surface area (Å²) < 4.78 is 10.7. The van der Waals surface area contributed by atoms with E-state index in [2.05, 4.69) is 21.4 Å². The number of hydrogen-bond acceptors (Lipinski definition) is 7. The highest BCUT2D eigenvalue weighted by molar-refractivity contribution is 7.98. The van der Waals surface area contributed by atoms with Crippen LogP contribution < -0.4 is 14.8 Å². The Morgan fingerprint density at radius 3 is 2.28 bits per heavy atom. The molecule has 0 amide bonds. The molecule has 1 N–H and O–H groups in total. The highest BCUT2D eigenvalue weighted by atomic mass is 35.5. The lowest BCUT2D eigenvalue weighted by Crippen LogP contribution is -2.03. The zero-order valence-corrected chi connectivity index (χ0v) is 18.1. The molecule has 0 spiro atoms. The average molecular weight is 447 g/mol. The predicted octanol–water partition coefficient (Wildman–Crippen LogP) is 5.80. The van der Waals surface area contributed by atoms with Crippen LogP contribution in [0, 0.1) is 11.3 Å². The van der Waals surface area contributed by atoms with E-state index in [9.17, 15) is 5.26 Å². The van der Waals surface area contributed by atoms with Crippen LogP contribution in [0.4, 0.5) is 11.5 Å². The zero-order valence-electron chi connectivity index (χ0n) is 15.8. The van der Waals surface area contributed by atoms with Crippen molar-refractivity contribution in [3.8, 4) is 28.8 Å². The molecule has 6 nitrogen and oxygen atoms in total. The zero-order chi connectivity index (χ0) is 21.0. The van der Waals surface area contributed by atoms with Crippen LogP contribution in [-0.4, -0.2) is 30.4 Å². The third-order valence-electron chi connectivity index (χ3n) is 3.97. The second kappa shape index (κ2) is 9.23. The first kappa shape index (κ1) is 21.1. The van der Waals surface area contributed by atoms with Crippen LogP contribution in [0.5, 0.6) is 11.5 Å². The van der Waals surface area contributed by atoms with Crippen LogP contribution in [0.15, 0.2) is 41.6 Å². The molecule has 0 aliphatic heterocycles. The van der Waals surface area contributed by atoms with Gasteiger partial charge in [-0.1, -0.05) is 35.0 Å². The Labute approximate surface area is 182 Å². The van der Waals surface area contributed by atoms with E-state index in [-0.39, 0.29) is 5.56 Å². The van der Waals surface area contributed by atoms with Gasteiger partial charge in [-0.15, -0.1) is 0 Å². The number of halogens is 2. The molecular weight excluding hydrogens is 431 g/mol. The number of nitriles is 1. The maximum Gasteiger partial charge on any atom is 0.189 e. The van der Waals surface area contributed by atoms with Gasteiger partial charge >= 0.3 is 0 Å². The third-order valence-corrected chi connectivity index (χ3v) is 4.95. The number of anilines is 2. The number of ether oxygens (including phenoxy) is 2. The second-order valence-corrected chi connectivity index (χ2v) is 7.39. The Bertz CT molecular complexity index is 1080. The molecule has 0 unspecified atom stereocenters. The van der Waals surface area contributed by atoms with Gasteiger partial charge in [-0.2, -0.15) is 5.26 Å². The van der Waals surface area contributed by atoms with Crippen molar-refractivity contribution < 1.29 is 9.47 Å². The highest BCUT2D eigenvalue weighted by Crippen LogP contribution is 2.36. The summed E-state index contributed by atoms with van der Waals surface area (Å²) in [7, 11) is 3.11. The molecule has 1 aromatic heterocycles. The van der Waals surface area contributed by atoms with Crippen molar-refractivity contribution in [2.75, 3.05) is 25.8 Å². The molecule has 0 fully saturated rings. The largest absolute Gasteiger partial charge is 0.493 e. The summed E-state index contributed by atoms with van der Waals surface area (Å²) in [4.78, 5) is 9.00. The van der Waals surface area contributed by atoms with E-state index in [0.29, 0.717) is 49.5 Å². The smallest absolute Gasteiger partial charge is 0.189 e. The van der Waals surface area contributed by atoms with Crippen LogP contribution in [0.3, 0.4) is 0 Å². The number of methoxy groups -OCH3 is 2. The topological polar surface area (TPSA) is 80.1 Å². The molecule has 148 valence electrons. The fourth-order valence-electron chi connectivity index (χ4n) is 2.68. The summed E-state index contributed by atoms with van der Waals surface area (Å²) in [6, 6.07) is 12.6. The Hall–Kier alpha value is -2.66. The predicted molar refractivity (Wildman–Crippen MR) is 117 cm³/mol. The monoisotopic (exact) mass is 446 g/mol. The van der Waals surface area contributed by atoms with Crippen molar-refractivity contribution in [3.05, 3.63) is 52.0 Å². The molecule has 0 saturated heterocycles. The first-order valence-corrected chi connectivity index (χ1v) is 10.3. The summed E-state index contributed by atoms with van der Waals surface area (Å²) in [5.41, 5.74) is 2.07. The van der Waals surface area contributed by atoms with Gasteiger partial charge in [0.05, 0.1) is 19.9 Å². The van der Waals surface area contributed by atoms with Crippen molar-refractivity contribution in [2.24, 2.45) is 0 Å². The fraction of sp³-hybridized carbons (Fsp3) is 0.150. The molecule has 0 bridgehead atoms. The minimum atomic E-state index is 0.283. The highest BCUT2D eigenvalue weighted by Gasteiger charge is 2.18. The lowest BCUT2D eigenvalue weighted by molar-refractivity contribution is 0.355. The fourth-order valence-corrected chi connectivity index (χ4v) is 3.57. The van der Waals surface area contributed by atoms with Gasteiger partial charge < -0.3 is 14.8 Å². The number of benzene rings is 2. The van der Waals surface area contributed by atoms with Crippen LogP contribution in [-0.2, 0) is 0 Å². The van der Waals surface area contributed by atoms with E-state index in [1.54, 1.807) is 44.6 Å². The number of nitrogens with one attached hydrogen (secondary N) is 1.